The van der Waals surface area contributed by atoms with Gasteiger partial charge < -0.3 is 10.8 Å². The van der Waals surface area contributed by atoms with Gasteiger partial charge in [-0.05, 0) is 37.5 Å². The third-order valence-corrected chi connectivity index (χ3v) is 5.47. The number of benzene rings is 1. The molecule has 2 unspecified atom stereocenters. The number of aliphatic hydroxyl groups is 1. The van der Waals surface area contributed by atoms with Crippen molar-refractivity contribution >= 4 is 10.0 Å². The van der Waals surface area contributed by atoms with Crippen LogP contribution in [0.3, 0.4) is 0 Å². The lowest BCUT2D eigenvalue weighted by Gasteiger charge is -2.22. The molecule has 1 aliphatic rings. The molecule has 3 N–H and O–H groups in total. The van der Waals surface area contributed by atoms with E-state index in [0.717, 1.165) is 12.0 Å². The van der Waals surface area contributed by atoms with E-state index in [1.165, 1.54) is 4.31 Å². The molecule has 1 heterocycles. The largest absolute Gasteiger partial charge is 0.395 e. The first-order valence-corrected chi connectivity index (χ1v) is 7.89. The Hall–Kier alpha value is -0.950. The van der Waals surface area contributed by atoms with Crippen LogP contribution < -0.4 is 5.73 Å². The molecule has 6 heteroatoms. The monoisotopic (exact) mass is 284 g/mol. The maximum atomic E-state index is 12.6. The van der Waals surface area contributed by atoms with Crippen molar-refractivity contribution in [2.75, 3.05) is 13.2 Å². The fraction of sp³-hybridized carbons (Fsp3) is 0.538. The zero-order chi connectivity index (χ0) is 14.0. The van der Waals surface area contributed by atoms with E-state index in [4.69, 9.17) is 5.73 Å². The van der Waals surface area contributed by atoms with Crippen LogP contribution in [0.1, 0.15) is 31.4 Å². The van der Waals surface area contributed by atoms with Crippen molar-refractivity contribution in [3.8, 4) is 0 Å². The van der Waals surface area contributed by atoms with E-state index in [9.17, 15) is 13.5 Å². The molecule has 106 valence electrons. The van der Waals surface area contributed by atoms with Crippen LogP contribution in [0.25, 0.3) is 0 Å². The van der Waals surface area contributed by atoms with Crippen LogP contribution in [-0.2, 0) is 10.0 Å². The molecule has 1 fully saturated rings. The Balaban J connectivity index is 2.36. The molecule has 5 nitrogen and oxygen atoms in total. The Morgan fingerprint density at radius 3 is 2.89 bits per heavy atom. The lowest BCUT2D eigenvalue weighted by Crippen LogP contribution is -2.37. The average Bonchev–Trinajstić information content (AvgIpc) is 2.88. The van der Waals surface area contributed by atoms with E-state index >= 15 is 0 Å². The second-order valence-corrected chi connectivity index (χ2v) is 6.85. The lowest BCUT2D eigenvalue weighted by molar-refractivity contribution is 0.213. The summed E-state index contributed by atoms with van der Waals surface area (Å²) in [5.74, 6) is 0. The highest BCUT2D eigenvalue weighted by atomic mass is 32.2. The molecule has 0 saturated carbocycles. The van der Waals surface area contributed by atoms with Gasteiger partial charge in [-0.1, -0.05) is 12.1 Å². The number of aliphatic hydroxyl groups excluding tert-OH is 1. The number of rotatable bonds is 4. The van der Waals surface area contributed by atoms with Crippen LogP contribution in [0.4, 0.5) is 0 Å². The first-order chi connectivity index (χ1) is 8.96. The molecule has 2 rings (SSSR count). The number of nitrogens with zero attached hydrogens (tertiary/aromatic N) is 1. The molecule has 0 radical (unpaired) electrons. The third-order valence-electron chi connectivity index (χ3n) is 3.52. The molecule has 0 spiro atoms. The molecule has 1 aromatic rings. The van der Waals surface area contributed by atoms with E-state index in [2.05, 4.69) is 0 Å². The van der Waals surface area contributed by atoms with Crippen LogP contribution >= 0.6 is 0 Å². The maximum Gasteiger partial charge on any atom is 0.243 e. The van der Waals surface area contributed by atoms with Crippen molar-refractivity contribution in [3.05, 3.63) is 29.8 Å². The fourth-order valence-electron chi connectivity index (χ4n) is 2.40. The quantitative estimate of drug-likeness (QED) is 0.858. The highest BCUT2D eigenvalue weighted by molar-refractivity contribution is 7.89. The summed E-state index contributed by atoms with van der Waals surface area (Å²) in [6.07, 6.45) is 1.50. The van der Waals surface area contributed by atoms with Gasteiger partial charge in [0, 0.05) is 18.6 Å². The van der Waals surface area contributed by atoms with Crippen molar-refractivity contribution in [3.63, 3.8) is 0 Å². The number of sulfonamides is 1. The standard InChI is InChI=1S/C13H20N2O3S/c1-10(14)11-4-2-6-13(8-11)19(17,18)15-7-3-5-12(15)9-16/h2,4,6,8,10,12,16H,3,5,7,9,14H2,1H3. The Kier molecular flexibility index (Phi) is 4.25. The minimum absolute atomic E-state index is 0.133. The molecule has 1 aliphatic heterocycles. The molecular weight excluding hydrogens is 264 g/mol. The lowest BCUT2D eigenvalue weighted by atomic mass is 10.1. The molecule has 19 heavy (non-hydrogen) atoms. The Bertz CT molecular complexity index is 543. The summed E-state index contributed by atoms with van der Waals surface area (Å²) in [6.45, 7) is 2.15. The SMILES string of the molecule is CC(N)c1cccc(S(=O)(=O)N2CCCC2CO)c1. The van der Waals surface area contributed by atoms with Crippen LogP contribution in [0.5, 0.6) is 0 Å². The zero-order valence-electron chi connectivity index (χ0n) is 11.0. The number of hydrogen-bond donors (Lipinski definition) is 2. The van der Waals surface area contributed by atoms with Gasteiger partial charge >= 0.3 is 0 Å². The third kappa shape index (κ3) is 2.81. The van der Waals surface area contributed by atoms with Gasteiger partial charge in [0.15, 0.2) is 0 Å². The van der Waals surface area contributed by atoms with E-state index in [0.29, 0.717) is 13.0 Å². The molecule has 0 aromatic heterocycles. The van der Waals surface area contributed by atoms with Gasteiger partial charge in [0.25, 0.3) is 0 Å². The van der Waals surface area contributed by atoms with Crippen molar-refractivity contribution in [2.45, 2.75) is 36.7 Å². The number of nitrogens with two attached hydrogens (primary N) is 1. The summed E-state index contributed by atoms with van der Waals surface area (Å²) >= 11 is 0. The molecule has 0 amide bonds. The summed E-state index contributed by atoms with van der Waals surface area (Å²) in [5.41, 5.74) is 6.58. The molecule has 0 bridgehead atoms. The minimum Gasteiger partial charge on any atom is -0.395 e. The van der Waals surface area contributed by atoms with Crippen LogP contribution in [-0.4, -0.2) is 37.0 Å². The summed E-state index contributed by atoms with van der Waals surface area (Å²) in [7, 11) is -3.54. The molecule has 1 saturated heterocycles. The maximum absolute atomic E-state index is 12.6. The Morgan fingerprint density at radius 2 is 2.26 bits per heavy atom. The van der Waals surface area contributed by atoms with Crippen LogP contribution in [0, 0.1) is 0 Å². The molecule has 0 aliphatic carbocycles. The first-order valence-electron chi connectivity index (χ1n) is 6.45. The Labute approximate surface area is 114 Å². The highest BCUT2D eigenvalue weighted by Crippen LogP contribution is 2.26. The smallest absolute Gasteiger partial charge is 0.243 e. The summed E-state index contributed by atoms with van der Waals surface area (Å²) in [6, 6.07) is 6.21. The van der Waals surface area contributed by atoms with Crippen molar-refractivity contribution in [2.24, 2.45) is 5.73 Å². The predicted octanol–water partition coefficient (Wildman–Crippen LogP) is 0.852. The van der Waals surface area contributed by atoms with Gasteiger partial charge in [0.2, 0.25) is 10.0 Å². The second-order valence-electron chi connectivity index (χ2n) is 4.96. The van der Waals surface area contributed by atoms with E-state index in [1.807, 2.05) is 13.0 Å². The van der Waals surface area contributed by atoms with Gasteiger partial charge in [0.1, 0.15) is 0 Å². The average molecular weight is 284 g/mol. The molecular formula is C13H20N2O3S. The van der Waals surface area contributed by atoms with E-state index in [-0.39, 0.29) is 23.6 Å². The van der Waals surface area contributed by atoms with Gasteiger partial charge in [-0.2, -0.15) is 4.31 Å². The normalized spacial score (nSPS) is 22.6. The topological polar surface area (TPSA) is 83.6 Å². The highest BCUT2D eigenvalue weighted by Gasteiger charge is 2.34. The predicted molar refractivity (Wildman–Crippen MR) is 73.0 cm³/mol. The molecule has 1 aromatic carbocycles. The van der Waals surface area contributed by atoms with Crippen molar-refractivity contribution < 1.29 is 13.5 Å². The van der Waals surface area contributed by atoms with Gasteiger partial charge in [-0.15, -0.1) is 0 Å². The zero-order valence-corrected chi connectivity index (χ0v) is 11.8. The van der Waals surface area contributed by atoms with Crippen LogP contribution in [0.15, 0.2) is 29.2 Å². The van der Waals surface area contributed by atoms with Crippen LogP contribution in [0.2, 0.25) is 0 Å². The van der Waals surface area contributed by atoms with Crippen molar-refractivity contribution in [1.29, 1.82) is 0 Å². The number of hydrogen-bond acceptors (Lipinski definition) is 4. The van der Waals surface area contributed by atoms with Gasteiger partial charge in [0.05, 0.1) is 11.5 Å². The fourth-order valence-corrected chi connectivity index (χ4v) is 4.14. The summed E-state index contributed by atoms with van der Waals surface area (Å²) < 4.78 is 26.5. The minimum atomic E-state index is -3.54. The second kappa shape index (κ2) is 5.58. The van der Waals surface area contributed by atoms with Crippen molar-refractivity contribution in [1.82, 2.24) is 4.31 Å². The van der Waals surface area contributed by atoms with E-state index < -0.39 is 10.0 Å². The summed E-state index contributed by atoms with van der Waals surface area (Å²) in [4.78, 5) is 0.252. The van der Waals surface area contributed by atoms with Gasteiger partial charge in [-0.3, -0.25) is 0 Å². The Morgan fingerprint density at radius 1 is 1.53 bits per heavy atom. The first kappa shape index (κ1) is 14.5. The van der Waals surface area contributed by atoms with Gasteiger partial charge in [-0.25, -0.2) is 8.42 Å². The van der Waals surface area contributed by atoms with E-state index in [1.54, 1.807) is 18.2 Å². The summed E-state index contributed by atoms with van der Waals surface area (Å²) in [5, 5.41) is 9.26. The molecule has 2 atom stereocenters.